The standard InChI is InChI=1S/C15H12Cl2N2O2/c1-8(20)9-3-2-4-11(5-9)19-15(21)10-6-12(16)14(18)13(17)7-10/h2-7H,18H2,1H3,(H,19,21). The maximum absolute atomic E-state index is 12.2. The van der Waals surface area contributed by atoms with E-state index in [0.29, 0.717) is 11.3 Å². The zero-order valence-electron chi connectivity index (χ0n) is 11.1. The molecule has 0 bridgehead atoms. The van der Waals surface area contributed by atoms with Gasteiger partial charge in [-0.25, -0.2) is 0 Å². The number of anilines is 2. The molecule has 0 heterocycles. The fourth-order valence-corrected chi connectivity index (χ4v) is 2.22. The fourth-order valence-electron chi connectivity index (χ4n) is 1.73. The summed E-state index contributed by atoms with van der Waals surface area (Å²) < 4.78 is 0. The van der Waals surface area contributed by atoms with Crippen LogP contribution in [0.15, 0.2) is 36.4 Å². The molecule has 0 saturated carbocycles. The Hall–Kier alpha value is -2.04. The summed E-state index contributed by atoms with van der Waals surface area (Å²) in [5, 5.41) is 3.10. The SMILES string of the molecule is CC(=O)c1cccc(NC(=O)c2cc(Cl)c(N)c(Cl)c2)c1. The first-order valence-corrected chi connectivity index (χ1v) is 6.81. The first-order chi connectivity index (χ1) is 9.88. The third kappa shape index (κ3) is 3.54. The van der Waals surface area contributed by atoms with E-state index >= 15 is 0 Å². The molecule has 0 saturated heterocycles. The molecule has 0 unspecified atom stereocenters. The minimum absolute atomic E-state index is 0.0790. The Morgan fingerprint density at radius 1 is 1.05 bits per heavy atom. The average Bonchev–Trinajstić information content (AvgIpc) is 2.44. The highest BCUT2D eigenvalue weighted by Crippen LogP contribution is 2.29. The molecule has 0 aliphatic heterocycles. The molecule has 2 aromatic rings. The van der Waals surface area contributed by atoms with Crippen molar-refractivity contribution < 1.29 is 9.59 Å². The van der Waals surface area contributed by atoms with E-state index in [-0.39, 0.29) is 33.0 Å². The molecule has 0 radical (unpaired) electrons. The van der Waals surface area contributed by atoms with E-state index in [4.69, 9.17) is 28.9 Å². The highest BCUT2D eigenvalue weighted by molar-refractivity contribution is 6.39. The van der Waals surface area contributed by atoms with Crippen LogP contribution < -0.4 is 11.1 Å². The van der Waals surface area contributed by atoms with Crippen LogP contribution in [0, 0.1) is 0 Å². The fraction of sp³-hybridized carbons (Fsp3) is 0.0667. The van der Waals surface area contributed by atoms with Gasteiger partial charge in [0.15, 0.2) is 5.78 Å². The van der Waals surface area contributed by atoms with Crippen molar-refractivity contribution >= 4 is 46.3 Å². The highest BCUT2D eigenvalue weighted by atomic mass is 35.5. The Labute approximate surface area is 131 Å². The number of carbonyl (C=O) groups is 2. The molecule has 0 aromatic heterocycles. The van der Waals surface area contributed by atoms with E-state index in [1.807, 2.05) is 0 Å². The zero-order chi connectivity index (χ0) is 15.6. The molecule has 21 heavy (non-hydrogen) atoms. The van der Waals surface area contributed by atoms with Crippen LogP contribution in [0.4, 0.5) is 11.4 Å². The second kappa shape index (κ2) is 6.16. The van der Waals surface area contributed by atoms with E-state index < -0.39 is 0 Å². The van der Waals surface area contributed by atoms with Crippen molar-refractivity contribution in [3.8, 4) is 0 Å². The van der Waals surface area contributed by atoms with Crippen LogP contribution in [-0.4, -0.2) is 11.7 Å². The van der Waals surface area contributed by atoms with Gasteiger partial charge in [-0.3, -0.25) is 9.59 Å². The number of halogens is 2. The van der Waals surface area contributed by atoms with E-state index in [2.05, 4.69) is 5.32 Å². The van der Waals surface area contributed by atoms with Crippen LogP contribution in [0.5, 0.6) is 0 Å². The lowest BCUT2D eigenvalue weighted by Gasteiger charge is -2.08. The van der Waals surface area contributed by atoms with Crippen LogP contribution in [0.1, 0.15) is 27.6 Å². The molecule has 0 aliphatic carbocycles. The molecule has 0 fully saturated rings. The number of nitrogens with two attached hydrogens (primary N) is 1. The number of carbonyl (C=O) groups excluding carboxylic acids is 2. The summed E-state index contributed by atoms with van der Waals surface area (Å²) in [6, 6.07) is 9.52. The second-order valence-electron chi connectivity index (χ2n) is 4.44. The van der Waals surface area contributed by atoms with Crippen molar-refractivity contribution in [2.45, 2.75) is 6.92 Å². The van der Waals surface area contributed by atoms with E-state index in [1.165, 1.54) is 19.1 Å². The molecule has 6 heteroatoms. The number of hydrogen-bond acceptors (Lipinski definition) is 3. The number of rotatable bonds is 3. The first-order valence-electron chi connectivity index (χ1n) is 6.05. The topological polar surface area (TPSA) is 72.2 Å². The Morgan fingerprint density at radius 3 is 2.24 bits per heavy atom. The number of hydrogen-bond donors (Lipinski definition) is 2. The van der Waals surface area contributed by atoms with Gasteiger partial charge in [0.2, 0.25) is 0 Å². The number of nitrogen functional groups attached to an aromatic ring is 1. The van der Waals surface area contributed by atoms with Gasteiger partial charge in [0.1, 0.15) is 0 Å². The van der Waals surface area contributed by atoms with Crippen LogP contribution in [0.3, 0.4) is 0 Å². The van der Waals surface area contributed by atoms with Gasteiger partial charge in [-0.1, -0.05) is 35.3 Å². The predicted octanol–water partition coefficient (Wildman–Crippen LogP) is 4.03. The number of ketones is 1. The highest BCUT2D eigenvalue weighted by Gasteiger charge is 2.12. The third-order valence-corrected chi connectivity index (χ3v) is 3.49. The lowest BCUT2D eigenvalue weighted by molar-refractivity contribution is 0.101. The van der Waals surface area contributed by atoms with E-state index in [0.717, 1.165) is 0 Å². The third-order valence-electron chi connectivity index (χ3n) is 2.87. The number of benzene rings is 2. The summed E-state index contributed by atoms with van der Waals surface area (Å²) in [7, 11) is 0. The molecule has 0 atom stereocenters. The molecule has 2 rings (SSSR count). The maximum Gasteiger partial charge on any atom is 0.255 e. The van der Waals surface area contributed by atoms with Crippen LogP contribution >= 0.6 is 23.2 Å². The minimum Gasteiger partial charge on any atom is -0.396 e. The van der Waals surface area contributed by atoms with Gasteiger partial charge in [-0.05, 0) is 31.2 Å². The summed E-state index contributed by atoms with van der Waals surface area (Å²) >= 11 is 11.8. The molecule has 1 amide bonds. The van der Waals surface area contributed by atoms with Crippen LogP contribution in [0.2, 0.25) is 10.0 Å². The lowest BCUT2D eigenvalue weighted by atomic mass is 10.1. The Morgan fingerprint density at radius 2 is 1.67 bits per heavy atom. The normalized spacial score (nSPS) is 10.2. The van der Waals surface area contributed by atoms with Crippen molar-refractivity contribution in [1.29, 1.82) is 0 Å². The van der Waals surface area contributed by atoms with Gasteiger partial charge in [0.25, 0.3) is 5.91 Å². The maximum atomic E-state index is 12.2. The van der Waals surface area contributed by atoms with Crippen LogP contribution in [-0.2, 0) is 0 Å². The molecule has 0 spiro atoms. The number of Topliss-reactive ketones (excluding diaryl/α,β-unsaturated/α-hetero) is 1. The van der Waals surface area contributed by atoms with E-state index in [9.17, 15) is 9.59 Å². The van der Waals surface area contributed by atoms with Gasteiger partial charge in [-0.2, -0.15) is 0 Å². The summed E-state index contributed by atoms with van der Waals surface area (Å²) in [6.45, 7) is 1.46. The molecule has 4 nitrogen and oxygen atoms in total. The molecular weight excluding hydrogens is 311 g/mol. The first kappa shape index (κ1) is 15.4. The van der Waals surface area contributed by atoms with Crippen molar-refractivity contribution in [2.24, 2.45) is 0 Å². The largest absolute Gasteiger partial charge is 0.396 e. The quantitative estimate of drug-likeness (QED) is 0.661. The minimum atomic E-state index is -0.389. The molecule has 108 valence electrons. The Bertz CT molecular complexity index is 706. The monoisotopic (exact) mass is 322 g/mol. The van der Waals surface area contributed by atoms with Gasteiger partial charge in [0, 0.05) is 16.8 Å². The Kier molecular flexibility index (Phi) is 4.50. The Balaban J connectivity index is 2.26. The summed E-state index contributed by atoms with van der Waals surface area (Å²) in [5.41, 5.74) is 7.16. The predicted molar refractivity (Wildman–Crippen MR) is 85.3 cm³/mol. The van der Waals surface area contributed by atoms with Gasteiger partial charge < -0.3 is 11.1 Å². The molecule has 0 aliphatic rings. The second-order valence-corrected chi connectivity index (χ2v) is 5.26. The number of amides is 1. The van der Waals surface area contributed by atoms with Crippen LogP contribution in [0.25, 0.3) is 0 Å². The van der Waals surface area contributed by atoms with Gasteiger partial charge in [-0.15, -0.1) is 0 Å². The van der Waals surface area contributed by atoms with Gasteiger partial charge >= 0.3 is 0 Å². The lowest BCUT2D eigenvalue weighted by Crippen LogP contribution is -2.12. The molecule has 2 aromatic carbocycles. The summed E-state index contributed by atoms with van der Waals surface area (Å²) in [4.78, 5) is 23.5. The smallest absolute Gasteiger partial charge is 0.255 e. The summed E-state index contributed by atoms with van der Waals surface area (Å²) in [6.07, 6.45) is 0. The molecule has 3 N–H and O–H groups in total. The van der Waals surface area contributed by atoms with Crippen molar-refractivity contribution in [3.05, 3.63) is 57.6 Å². The molecular formula is C15H12Cl2N2O2. The van der Waals surface area contributed by atoms with Crippen molar-refractivity contribution in [2.75, 3.05) is 11.1 Å². The summed E-state index contributed by atoms with van der Waals surface area (Å²) in [5.74, 6) is -0.468. The van der Waals surface area contributed by atoms with Gasteiger partial charge in [0.05, 0.1) is 15.7 Å². The number of nitrogens with one attached hydrogen (secondary N) is 1. The average molecular weight is 323 g/mol. The zero-order valence-corrected chi connectivity index (χ0v) is 12.6. The van der Waals surface area contributed by atoms with Crippen molar-refractivity contribution in [3.63, 3.8) is 0 Å². The van der Waals surface area contributed by atoms with E-state index in [1.54, 1.807) is 24.3 Å². The van der Waals surface area contributed by atoms with Crippen molar-refractivity contribution in [1.82, 2.24) is 0 Å².